The number of benzene rings is 1. The largest absolute Gasteiger partial charge is 0.473 e. The molecule has 0 aliphatic heterocycles. The van der Waals surface area contributed by atoms with E-state index in [2.05, 4.69) is 66.4 Å². The zero-order valence-corrected chi connectivity index (χ0v) is 13.8. The highest BCUT2D eigenvalue weighted by Gasteiger charge is 2.14. The second kappa shape index (κ2) is 10.1. The Balaban J connectivity index is 0.000000413. The third-order valence-corrected chi connectivity index (χ3v) is 3.29. The van der Waals surface area contributed by atoms with Gasteiger partial charge >= 0.3 is 11.9 Å². The minimum Gasteiger partial charge on any atom is -0.473 e. The van der Waals surface area contributed by atoms with Gasteiger partial charge in [-0.2, -0.15) is 0 Å². The maximum Gasteiger partial charge on any atom is 0.414 e. The van der Waals surface area contributed by atoms with Crippen molar-refractivity contribution in [1.29, 1.82) is 0 Å². The number of carboxylic acids is 2. The maximum absolute atomic E-state index is 9.10. The molecule has 0 amide bonds. The van der Waals surface area contributed by atoms with E-state index in [-0.39, 0.29) is 0 Å². The molecule has 128 valence electrons. The van der Waals surface area contributed by atoms with Crippen LogP contribution in [0.1, 0.15) is 23.6 Å². The van der Waals surface area contributed by atoms with E-state index in [1.165, 1.54) is 5.56 Å². The van der Waals surface area contributed by atoms with Crippen molar-refractivity contribution in [3.05, 3.63) is 66.0 Å². The summed E-state index contributed by atoms with van der Waals surface area (Å²) < 4.78 is 0. The summed E-state index contributed by atoms with van der Waals surface area (Å²) in [5.74, 6) is -3.26. The van der Waals surface area contributed by atoms with Crippen LogP contribution in [-0.4, -0.2) is 52.7 Å². The number of carboxylic acid groups (broad SMARTS) is 2. The van der Waals surface area contributed by atoms with Crippen molar-refractivity contribution < 1.29 is 19.8 Å². The summed E-state index contributed by atoms with van der Waals surface area (Å²) in [7, 11) is 4.22. The molecule has 2 aromatic rings. The van der Waals surface area contributed by atoms with Gasteiger partial charge < -0.3 is 15.1 Å². The molecule has 2 N–H and O–H groups in total. The first-order valence-electron chi connectivity index (χ1n) is 7.48. The second-order valence-corrected chi connectivity index (χ2v) is 5.42. The van der Waals surface area contributed by atoms with E-state index in [1.807, 2.05) is 12.3 Å². The smallest absolute Gasteiger partial charge is 0.414 e. The molecule has 24 heavy (non-hydrogen) atoms. The molecule has 1 aromatic carbocycles. The Morgan fingerprint density at radius 1 is 1.00 bits per heavy atom. The first kappa shape index (κ1) is 19.3. The monoisotopic (exact) mass is 330 g/mol. The van der Waals surface area contributed by atoms with Crippen LogP contribution < -0.4 is 0 Å². The molecule has 6 nitrogen and oxygen atoms in total. The molecule has 2 rings (SSSR count). The Morgan fingerprint density at radius 2 is 1.58 bits per heavy atom. The van der Waals surface area contributed by atoms with Crippen LogP contribution in [-0.2, 0) is 9.59 Å². The van der Waals surface area contributed by atoms with E-state index < -0.39 is 11.9 Å². The summed E-state index contributed by atoms with van der Waals surface area (Å²) in [5, 5.41) is 14.8. The van der Waals surface area contributed by atoms with E-state index in [4.69, 9.17) is 19.8 Å². The highest BCUT2D eigenvalue weighted by Crippen LogP contribution is 2.26. The Bertz CT molecular complexity index is 578. The van der Waals surface area contributed by atoms with E-state index in [0.717, 1.165) is 18.7 Å². The molecule has 0 aliphatic rings. The fourth-order valence-electron chi connectivity index (χ4n) is 2.14. The van der Waals surface area contributed by atoms with Crippen molar-refractivity contribution >= 4 is 11.9 Å². The fraction of sp³-hybridized carbons (Fsp3) is 0.278. The number of hydrogen-bond donors (Lipinski definition) is 2. The number of aliphatic carboxylic acids is 2. The summed E-state index contributed by atoms with van der Waals surface area (Å²) in [4.78, 5) is 24.9. The molecule has 1 unspecified atom stereocenters. The quantitative estimate of drug-likeness (QED) is 0.818. The first-order chi connectivity index (χ1) is 11.4. The lowest BCUT2D eigenvalue weighted by atomic mass is 9.92. The lowest BCUT2D eigenvalue weighted by molar-refractivity contribution is -0.159. The third-order valence-electron chi connectivity index (χ3n) is 3.29. The van der Waals surface area contributed by atoms with Crippen LogP contribution in [0, 0.1) is 0 Å². The predicted octanol–water partition coefficient (Wildman–Crippen LogP) is 2.32. The highest BCUT2D eigenvalue weighted by atomic mass is 16.4. The van der Waals surface area contributed by atoms with Crippen LogP contribution in [0.25, 0.3) is 0 Å². The minimum atomic E-state index is -1.82. The summed E-state index contributed by atoms with van der Waals surface area (Å²) in [6.45, 7) is 1.07. The number of rotatable bonds is 5. The van der Waals surface area contributed by atoms with Crippen LogP contribution in [0.15, 0.2) is 54.7 Å². The van der Waals surface area contributed by atoms with Gasteiger partial charge in [0.05, 0.1) is 0 Å². The van der Waals surface area contributed by atoms with Crippen LogP contribution in [0.3, 0.4) is 0 Å². The number of carbonyl (C=O) groups is 2. The first-order valence-corrected chi connectivity index (χ1v) is 7.48. The summed E-state index contributed by atoms with van der Waals surface area (Å²) in [6, 6.07) is 16.8. The Hall–Kier alpha value is -2.73. The Labute approximate surface area is 141 Å². The number of pyridine rings is 1. The van der Waals surface area contributed by atoms with E-state index in [9.17, 15) is 0 Å². The molecule has 0 saturated carbocycles. The molecule has 1 atom stereocenters. The predicted molar refractivity (Wildman–Crippen MR) is 91.0 cm³/mol. The number of aromatic nitrogens is 1. The fourth-order valence-corrected chi connectivity index (χ4v) is 2.14. The van der Waals surface area contributed by atoms with Crippen molar-refractivity contribution in [2.45, 2.75) is 12.3 Å². The molecule has 0 bridgehead atoms. The Kier molecular flexibility index (Phi) is 8.15. The average molecular weight is 330 g/mol. The van der Waals surface area contributed by atoms with Crippen LogP contribution >= 0.6 is 0 Å². The van der Waals surface area contributed by atoms with Crippen molar-refractivity contribution in [2.24, 2.45) is 0 Å². The van der Waals surface area contributed by atoms with Gasteiger partial charge in [-0.05, 0) is 44.8 Å². The lowest BCUT2D eigenvalue weighted by Gasteiger charge is -2.19. The second-order valence-electron chi connectivity index (χ2n) is 5.42. The molecule has 6 heteroatoms. The van der Waals surface area contributed by atoms with Crippen LogP contribution in [0.2, 0.25) is 0 Å². The van der Waals surface area contributed by atoms with Gasteiger partial charge in [0.2, 0.25) is 0 Å². The van der Waals surface area contributed by atoms with Gasteiger partial charge in [-0.3, -0.25) is 4.98 Å². The molecule has 0 saturated heterocycles. The van der Waals surface area contributed by atoms with E-state index >= 15 is 0 Å². The lowest BCUT2D eigenvalue weighted by Crippen LogP contribution is -2.17. The van der Waals surface area contributed by atoms with Gasteiger partial charge in [-0.25, -0.2) is 9.59 Å². The molecule has 0 fully saturated rings. The van der Waals surface area contributed by atoms with Crippen molar-refractivity contribution in [1.82, 2.24) is 9.88 Å². The third kappa shape index (κ3) is 7.02. The van der Waals surface area contributed by atoms with Crippen molar-refractivity contribution in [3.8, 4) is 0 Å². The number of hydrogen-bond acceptors (Lipinski definition) is 4. The van der Waals surface area contributed by atoms with Crippen LogP contribution in [0.5, 0.6) is 0 Å². The number of nitrogens with zero attached hydrogens (tertiary/aromatic N) is 2. The zero-order valence-electron chi connectivity index (χ0n) is 13.8. The Morgan fingerprint density at radius 3 is 2.04 bits per heavy atom. The SMILES string of the molecule is CN(C)CCC(c1ccccc1)c1ccccn1.O=C(O)C(=O)O. The van der Waals surface area contributed by atoms with Gasteiger partial charge in [0, 0.05) is 17.8 Å². The summed E-state index contributed by atoms with van der Waals surface area (Å²) >= 11 is 0. The summed E-state index contributed by atoms with van der Waals surface area (Å²) in [5.41, 5.74) is 2.50. The maximum atomic E-state index is 9.10. The van der Waals surface area contributed by atoms with Gasteiger partial charge in [-0.15, -0.1) is 0 Å². The average Bonchev–Trinajstić information content (AvgIpc) is 2.57. The topological polar surface area (TPSA) is 90.7 Å². The minimum absolute atomic E-state index is 0.384. The van der Waals surface area contributed by atoms with Crippen molar-refractivity contribution in [3.63, 3.8) is 0 Å². The molecule has 0 aliphatic carbocycles. The standard InChI is InChI=1S/C16H20N2.C2H2O4/c1-18(2)13-11-15(14-8-4-3-5-9-14)16-10-6-7-12-17-16;3-1(4)2(5)6/h3-10,12,15H,11,13H2,1-2H3;(H,3,4)(H,5,6). The zero-order chi connectivity index (χ0) is 17.9. The normalized spacial score (nSPS) is 11.3. The molecule has 0 spiro atoms. The molecule has 0 radical (unpaired) electrons. The molecular formula is C18H22N2O4. The van der Waals surface area contributed by atoms with E-state index in [0.29, 0.717) is 5.92 Å². The highest BCUT2D eigenvalue weighted by molar-refractivity contribution is 6.27. The van der Waals surface area contributed by atoms with Gasteiger partial charge in [0.1, 0.15) is 0 Å². The molecule has 1 aromatic heterocycles. The van der Waals surface area contributed by atoms with Crippen molar-refractivity contribution in [2.75, 3.05) is 20.6 Å². The van der Waals surface area contributed by atoms with Gasteiger partial charge in [0.15, 0.2) is 0 Å². The molecule has 1 heterocycles. The molecular weight excluding hydrogens is 308 g/mol. The van der Waals surface area contributed by atoms with Gasteiger partial charge in [-0.1, -0.05) is 36.4 Å². The van der Waals surface area contributed by atoms with Gasteiger partial charge in [0.25, 0.3) is 0 Å². The van der Waals surface area contributed by atoms with E-state index in [1.54, 1.807) is 0 Å². The van der Waals surface area contributed by atoms with Crippen LogP contribution in [0.4, 0.5) is 0 Å². The summed E-state index contributed by atoms with van der Waals surface area (Å²) in [6.07, 6.45) is 2.97.